The van der Waals surface area contributed by atoms with E-state index in [0.717, 1.165) is 6.42 Å². The Morgan fingerprint density at radius 3 is 2.11 bits per heavy atom. The summed E-state index contributed by atoms with van der Waals surface area (Å²) in [7, 11) is 1.83. The van der Waals surface area contributed by atoms with Gasteiger partial charge < -0.3 is 4.74 Å². The second kappa shape index (κ2) is 10.6. The molecule has 0 aromatic heterocycles. The second-order valence-corrected chi connectivity index (χ2v) is 5.38. The molecule has 0 fully saturated rings. The molecule has 1 heteroatoms. The third-order valence-corrected chi connectivity index (χ3v) is 4.37. The van der Waals surface area contributed by atoms with Gasteiger partial charge in [-0.3, -0.25) is 0 Å². The summed E-state index contributed by atoms with van der Waals surface area (Å²) in [4.78, 5) is 0. The summed E-state index contributed by atoms with van der Waals surface area (Å²) in [5, 5.41) is 0. The van der Waals surface area contributed by atoms with Crippen molar-refractivity contribution >= 4 is 0 Å². The van der Waals surface area contributed by atoms with Crippen molar-refractivity contribution in [3.8, 4) is 0 Å². The molecule has 2 atom stereocenters. The van der Waals surface area contributed by atoms with Crippen LogP contribution < -0.4 is 0 Å². The zero-order valence-electron chi connectivity index (χ0n) is 13.1. The smallest absolute Gasteiger partial charge is 0.0881 e. The van der Waals surface area contributed by atoms with Crippen molar-refractivity contribution in [2.45, 2.75) is 84.2 Å². The van der Waals surface area contributed by atoms with Crippen molar-refractivity contribution in [1.82, 2.24) is 0 Å². The fourth-order valence-corrected chi connectivity index (χ4v) is 2.96. The molecular weight excluding hydrogens is 220 g/mol. The maximum absolute atomic E-state index is 5.77. The van der Waals surface area contributed by atoms with Gasteiger partial charge in [-0.15, -0.1) is 6.58 Å². The highest BCUT2D eigenvalue weighted by molar-refractivity contribution is 5.00. The van der Waals surface area contributed by atoms with E-state index in [0.29, 0.717) is 5.92 Å². The Bertz CT molecular complexity index is 194. The molecule has 0 aromatic rings. The Hall–Kier alpha value is -0.300. The molecular formula is C17H34O. The van der Waals surface area contributed by atoms with Crippen LogP contribution in [0.5, 0.6) is 0 Å². The van der Waals surface area contributed by atoms with Gasteiger partial charge in [-0.25, -0.2) is 0 Å². The first-order valence-corrected chi connectivity index (χ1v) is 7.89. The number of ether oxygens (including phenoxy) is 1. The van der Waals surface area contributed by atoms with E-state index in [2.05, 4.69) is 27.4 Å². The number of rotatable bonds is 12. The summed E-state index contributed by atoms with van der Waals surface area (Å²) in [5.74, 6) is 0.621. The van der Waals surface area contributed by atoms with Gasteiger partial charge in [-0.2, -0.15) is 0 Å². The third-order valence-electron chi connectivity index (χ3n) is 4.37. The third kappa shape index (κ3) is 5.56. The number of hydrogen-bond acceptors (Lipinski definition) is 1. The average Bonchev–Trinajstić information content (AvgIpc) is 2.42. The number of methoxy groups -OCH3 is 1. The molecule has 18 heavy (non-hydrogen) atoms. The van der Waals surface area contributed by atoms with Crippen molar-refractivity contribution in [2.75, 3.05) is 7.11 Å². The van der Waals surface area contributed by atoms with Gasteiger partial charge in [0, 0.05) is 7.11 Å². The molecule has 108 valence electrons. The maximum Gasteiger partial charge on any atom is 0.0881 e. The number of unbranched alkanes of at least 4 members (excludes halogenated alkanes) is 5. The van der Waals surface area contributed by atoms with Gasteiger partial charge in [0.15, 0.2) is 0 Å². The van der Waals surface area contributed by atoms with Crippen LogP contribution in [0.4, 0.5) is 0 Å². The van der Waals surface area contributed by atoms with Crippen molar-refractivity contribution in [2.24, 2.45) is 5.92 Å². The first-order chi connectivity index (χ1) is 8.70. The quantitative estimate of drug-likeness (QED) is 0.318. The van der Waals surface area contributed by atoms with E-state index in [1.165, 1.54) is 51.4 Å². The van der Waals surface area contributed by atoms with Crippen LogP contribution in [-0.2, 0) is 4.74 Å². The fourth-order valence-electron chi connectivity index (χ4n) is 2.96. The maximum atomic E-state index is 5.77. The molecule has 0 heterocycles. The highest BCUT2D eigenvalue weighted by Crippen LogP contribution is 2.33. The molecule has 0 spiro atoms. The van der Waals surface area contributed by atoms with E-state index < -0.39 is 0 Å². The van der Waals surface area contributed by atoms with Gasteiger partial charge >= 0.3 is 0 Å². The van der Waals surface area contributed by atoms with Crippen molar-refractivity contribution in [3.05, 3.63) is 12.7 Å². The zero-order chi connectivity index (χ0) is 13.9. The van der Waals surface area contributed by atoms with Crippen LogP contribution in [-0.4, -0.2) is 12.7 Å². The fraction of sp³-hybridized carbons (Fsp3) is 0.882. The van der Waals surface area contributed by atoms with Crippen LogP contribution in [0, 0.1) is 5.92 Å². The average molecular weight is 254 g/mol. The summed E-state index contributed by atoms with van der Waals surface area (Å²) in [6.07, 6.45) is 13.7. The molecule has 1 nitrogen and oxygen atoms in total. The highest BCUT2D eigenvalue weighted by atomic mass is 16.5. The molecule has 0 saturated heterocycles. The molecule has 0 rings (SSSR count). The first kappa shape index (κ1) is 17.7. The summed E-state index contributed by atoms with van der Waals surface area (Å²) in [6.45, 7) is 10.7. The standard InChI is InChI=1S/C17H34O/c1-6-10-11-12-13-14-15-16(7-2)17(8-3,9-4)18-5/h8,16H,3,6-7,9-15H2,1-2,4-5H3. The first-order valence-electron chi connectivity index (χ1n) is 7.89. The molecule has 0 N–H and O–H groups in total. The molecule has 0 aliphatic heterocycles. The predicted octanol–water partition coefficient (Wildman–Crippen LogP) is 5.74. The minimum absolute atomic E-state index is 0.0990. The van der Waals surface area contributed by atoms with E-state index >= 15 is 0 Å². The molecule has 0 bridgehead atoms. The summed E-state index contributed by atoms with van der Waals surface area (Å²) in [6, 6.07) is 0. The SMILES string of the molecule is C=CC(CC)(OC)C(CC)CCCCCCCC. The monoisotopic (exact) mass is 254 g/mol. The minimum atomic E-state index is -0.0990. The lowest BCUT2D eigenvalue weighted by Gasteiger charge is -2.36. The van der Waals surface area contributed by atoms with Crippen LogP contribution >= 0.6 is 0 Å². The molecule has 0 saturated carbocycles. The molecule has 0 amide bonds. The van der Waals surface area contributed by atoms with Crippen LogP contribution in [0.3, 0.4) is 0 Å². The number of hydrogen-bond donors (Lipinski definition) is 0. The van der Waals surface area contributed by atoms with E-state index in [4.69, 9.17) is 4.74 Å². The van der Waals surface area contributed by atoms with E-state index in [-0.39, 0.29) is 5.60 Å². The van der Waals surface area contributed by atoms with Gasteiger partial charge in [-0.05, 0) is 18.8 Å². The Morgan fingerprint density at radius 2 is 1.67 bits per heavy atom. The summed E-state index contributed by atoms with van der Waals surface area (Å²) in [5.41, 5.74) is -0.0990. The lowest BCUT2D eigenvalue weighted by molar-refractivity contribution is -0.0259. The molecule has 0 aromatic carbocycles. The topological polar surface area (TPSA) is 9.23 Å². The van der Waals surface area contributed by atoms with Crippen molar-refractivity contribution in [3.63, 3.8) is 0 Å². The van der Waals surface area contributed by atoms with E-state index in [1.807, 2.05) is 13.2 Å². The van der Waals surface area contributed by atoms with Gasteiger partial charge in [0.05, 0.1) is 5.60 Å². The summed E-state index contributed by atoms with van der Waals surface area (Å²) >= 11 is 0. The normalized spacial score (nSPS) is 16.2. The van der Waals surface area contributed by atoms with Crippen LogP contribution in [0.2, 0.25) is 0 Å². The minimum Gasteiger partial charge on any atom is -0.374 e. The summed E-state index contributed by atoms with van der Waals surface area (Å²) < 4.78 is 5.77. The zero-order valence-corrected chi connectivity index (χ0v) is 13.1. The van der Waals surface area contributed by atoms with Crippen molar-refractivity contribution in [1.29, 1.82) is 0 Å². The van der Waals surface area contributed by atoms with Gasteiger partial charge in [0.1, 0.15) is 0 Å². The van der Waals surface area contributed by atoms with Crippen LogP contribution in [0.1, 0.15) is 78.6 Å². The molecule has 2 unspecified atom stereocenters. The van der Waals surface area contributed by atoms with Gasteiger partial charge in [0.25, 0.3) is 0 Å². The van der Waals surface area contributed by atoms with Gasteiger partial charge in [-0.1, -0.05) is 71.8 Å². The van der Waals surface area contributed by atoms with Crippen molar-refractivity contribution < 1.29 is 4.74 Å². The Balaban J connectivity index is 4.05. The molecule has 0 aliphatic carbocycles. The second-order valence-electron chi connectivity index (χ2n) is 5.38. The van der Waals surface area contributed by atoms with E-state index in [9.17, 15) is 0 Å². The Morgan fingerprint density at radius 1 is 1.06 bits per heavy atom. The predicted molar refractivity (Wildman–Crippen MR) is 82.0 cm³/mol. The highest BCUT2D eigenvalue weighted by Gasteiger charge is 2.32. The van der Waals surface area contributed by atoms with E-state index in [1.54, 1.807) is 0 Å². The largest absolute Gasteiger partial charge is 0.374 e. The lowest BCUT2D eigenvalue weighted by Crippen LogP contribution is -2.37. The van der Waals surface area contributed by atoms with Crippen LogP contribution in [0.15, 0.2) is 12.7 Å². The van der Waals surface area contributed by atoms with Gasteiger partial charge in [0.2, 0.25) is 0 Å². The van der Waals surface area contributed by atoms with Crippen LogP contribution in [0.25, 0.3) is 0 Å². The molecule has 0 radical (unpaired) electrons. The lowest BCUT2D eigenvalue weighted by atomic mass is 9.79. The Labute approximate surface area is 115 Å². The molecule has 0 aliphatic rings. The Kier molecular flexibility index (Phi) is 10.4.